The fourth-order valence-electron chi connectivity index (χ4n) is 4.33. The minimum absolute atomic E-state index is 0.195. The molecule has 0 aliphatic rings. The van der Waals surface area contributed by atoms with E-state index in [0.717, 1.165) is 21.6 Å². The van der Waals surface area contributed by atoms with Crippen molar-refractivity contribution in [2.45, 2.75) is 12.5 Å². The molecule has 0 fully saturated rings. The second-order valence-corrected chi connectivity index (χ2v) is 9.20. The van der Waals surface area contributed by atoms with Crippen molar-refractivity contribution in [2.24, 2.45) is 7.05 Å². The van der Waals surface area contributed by atoms with E-state index in [1.54, 1.807) is 58.0 Å². The average Bonchev–Trinajstić information content (AvgIpc) is 3.56. The van der Waals surface area contributed by atoms with Gasteiger partial charge in [0.05, 0.1) is 29.1 Å². The molecule has 0 aliphatic heterocycles. The number of hydrogen-bond acceptors (Lipinski definition) is 5. The zero-order chi connectivity index (χ0) is 26.8. The van der Waals surface area contributed by atoms with Crippen LogP contribution in [0.5, 0.6) is 0 Å². The van der Waals surface area contributed by atoms with Crippen LogP contribution >= 0.6 is 11.6 Å². The number of aryl methyl sites for hydroxylation is 1. The van der Waals surface area contributed by atoms with E-state index >= 15 is 0 Å². The van der Waals surface area contributed by atoms with E-state index in [9.17, 15) is 20.4 Å². The van der Waals surface area contributed by atoms with Crippen molar-refractivity contribution in [1.82, 2.24) is 19.6 Å². The number of carbonyl (C=O) groups is 1. The van der Waals surface area contributed by atoms with Gasteiger partial charge in [0.2, 0.25) is 5.69 Å². The zero-order valence-electron chi connectivity index (χ0n) is 20.2. The summed E-state index contributed by atoms with van der Waals surface area (Å²) in [6.07, 6.45) is 7.17. The summed E-state index contributed by atoms with van der Waals surface area (Å²) in [7, 11) is 1.83. The number of aromatic nitrogens is 5. The van der Waals surface area contributed by atoms with Gasteiger partial charge in [-0.25, -0.2) is 4.79 Å². The van der Waals surface area contributed by atoms with Gasteiger partial charge in [-0.15, -0.1) is 0 Å². The van der Waals surface area contributed by atoms with Crippen LogP contribution in [0.4, 0.5) is 0 Å². The van der Waals surface area contributed by atoms with Crippen LogP contribution in [0.2, 0.25) is 5.02 Å². The quantitative estimate of drug-likeness (QED) is 0.244. The van der Waals surface area contributed by atoms with E-state index < -0.39 is 12.0 Å². The molecule has 0 unspecified atom stereocenters. The molecule has 0 spiro atoms. The van der Waals surface area contributed by atoms with E-state index in [-0.39, 0.29) is 5.56 Å². The molecule has 1 N–H and O–H groups in total. The Balaban J connectivity index is 1.54. The van der Waals surface area contributed by atoms with Crippen LogP contribution in [0.25, 0.3) is 22.3 Å². The Kier molecular flexibility index (Phi) is 6.64. The second kappa shape index (κ2) is 10.2. The van der Waals surface area contributed by atoms with Gasteiger partial charge >= 0.3 is 5.97 Å². The maximum atomic E-state index is 13.4. The summed E-state index contributed by atoms with van der Waals surface area (Å²) in [4.78, 5) is 11.2. The van der Waals surface area contributed by atoms with E-state index in [1.165, 1.54) is 18.3 Å². The van der Waals surface area contributed by atoms with Crippen LogP contribution in [0.3, 0.4) is 0 Å². The van der Waals surface area contributed by atoms with Gasteiger partial charge in [-0.1, -0.05) is 23.7 Å². The van der Waals surface area contributed by atoms with Gasteiger partial charge in [0.25, 0.3) is 0 Å². The number of hydrogen-bond donors (Lipinski definition) is 1. The molecule has 3 aromatic heterocycles. The molecular formula is C28H21ClN6O3. The summed E-state index contributed by atoms with van der Waals surface area (Å²) in [5.74, 6) is -0.995. The van der Waals surface area contributed by atoms with Gasteiger partial charge in [0.1, 0.15) is 6.04 Å². The molecule has 2 aromatic carbocycles. The highest BCUT2D eigenvalue weighted by molar-refractivity contribution is 6.30. The summed E-state index contributed by atoms with van der Waals surface area (Å²) >= 11 is 6.15. The summed E-state index contributed by atoms with van der Waals surface area (Å²) in [5.41, 5.74) is 4.55. The second-order valence-electron chi connectivity index (χ2n) is 8.76. The molecule has 10 heteroatoms. The lowest BCUT2D eigenvalue weighted by molar-refractivity contribution is -0.615. The van der Waals surface area contributed by atoms with Crippen molar-refractivity contribution in [3.63, 3.8) is 0 Å². The largest absolute Gasteiger partial charge is 0.618 e. The van der Waals surface area contributed by atoms with Crippen LogP contribution < -0.4 is 4.73 Å². The predicted octanol–water partition coefficient (Wildman–Crippen LogP) is 4.64. The van der Waals surface area contributed by atoms with Crippen molar-refractivity contribution < 1.29 is 14.6 Å². The molecule has 38 heavy (non-hydrogen) atoms. The fraction of sp³-hybridized carbons (Fsp3) is 0.107. The van der Waals surface area contributed by atoms with Gasteiger partial charge in [-0.05, 0) is 48.0 Å². The first kappa shape index (κ1) is 24.7. The Morgan fingerprint density at radius 2 is 1.89 bits per heavy atom. The number of nitrogens with zero attached hydrogens (tertiary/aromatic N) is 6. The average molecular weight is 525 g/mol. The third-order valence-electron chi connectivity index (χ3n) is 6.26. The van der Waals surface area contributed by atoms with Crippen molar-refractivity contribution in [3.05, 3.63) is 118 Å². The lowest BCUT2D eigenvalue weighted by atomic mass is 10.0. The van der Waals surface area contributed by atoms with Crippen LogP contribution in [0, 0.1) is 16.5 Å². The number of benzene rings is 2. The van der Waals surface area contributed by atoms with Crippen molar-refractivity contribution >= 4 is 17.6 Å². The molecule has 1 atom stereocenters. The Bertz CT molecular complexity index is 1680. The van der Waals surface area contributed by atoms with E-state index in [4.69, 9.17) is 11.6 Å². The maximum absolute atomic E-state index is 13.4. The van der Waals surface area contributed by atoms with Gasteiger partial charge in [0, 0.05) is 53.6 Å². The molecule has 0 bridgehead atoms. The molecular weight excluding hydrogens is 504 g/mol. The zero-order valence-corrected chi connectivity index (χ0v) is 20.9. The Morgan fingerprint density at radius 3 is 2.55 bits per heavy atom. The number of nitriles is 1. The monoisotopic (exact) mass is 524 g/mol. The first-order valence-electron chi connectivity index (χ1n) is 11.6. The molecule has 5 rings (SSSR count). The lowest BCUT2D eigenvalue weighted by Gasteiger charge is -2.17. The van der Waals surface area contributed by atoms with E-state index in [2.05, 4.69) is 16.3 Å². The van der Waals surface area contributed by atoms with Crippen molar-refractivity contribution in [3.8, 4) is 28.3 Å². The third-order valence-corrected chi connectivity index (χ3v) is 6.49. The lowest BCUT2D eigenvalue weighted by Crippen LogP contribution is -2.36. The molecule has 0 saturated carbocycles. The highest BCUT2D eigenvalue weighted by atomic mass is 35.5. The normalized spacial score (nSPS) is 11.7. The number of halogens is 1. The minimum atomic E-state index is -0.995. The molecule has 0 aliphatic carbocycles. The summed E-state index contributed by atoms with van der Waals surface area (Å²) in [6, 6.07) is 18.5. The Hall–Kier alpha value is -4.94. The SMILES string of the molecule is Cn1ccc(C[C@@H](c2ccc(-c3cc(Cl)ccc3C#N)c[n+]2[O-])n2cc(-c3ccc(C(=O)O)cc3)cn2)n1. The van der Waals surface area contributed by atoms with Gasteiger partial charge in [0.15, 0.2) is 6.20 Å². The predicted molar refractivity (Wildman–Crippen MR) is 140 cm³/mol. The van der Waals surface area contributed by atoms with Gasteiger partial charge in [-0.3, -0.25) is 9.36 Å². The van der Waals surface area contributed by atoms with Gasteiger partial charge < -0.3 is 10.3 Å². The Labute approximate surface area is 223 Å². The maximum Gasteiger partial charge on any atom is 0.335 e. The number of pyridine rings is 1. The van der Waals surface area contributed by atoms with Crippen LogP contribution in [0.1, 0.15) is 33.4 Å². The molecule has 0 amide bonds. The summed E-state index contributed by atoms with van der Waals surface area (Å²) < 4.78 is 4.19. The Morgan fingerprint density at radius 1 is 1.13 bits per heavy atom. The first-order chi connectivity index (χ1) is 18.3. The number of rotatable bonds is 7. The third kappa shape index (κ3) is 4.98. The molecule has 0 saturated heterocycles. The molecule has 9 nitrogen and oxygen atoms in total. The van der Waals surface area contributed by atoms with Crippen LogP contribution in [-0.4, -0.2) is 30.6 Å². The molecule has 0 radical (unpaired) electrons. The van der Waals surface area contributed by atoms with Crippen LogP contribution in [-0.2, 0) is 13.5 Å². The highest BCUT2D eigenvalue weighted by Gasteiger charge is 2.25. The van der Waals surface area contributed by atoms with E-state index in [0.29, 0.717) is 33.8 Å². The number of carboxylic acids is 1. The number of carboxylic acid groups (broad SMARTS) is 1. The molecule has 188 valence electrons. The van der Waals surface area contributed by atoms with E-state index in [1.807, 2.05) is 25.5 Å². The van der Waals surface area contributed by atoms with Crippen molar-refractivity contribution in [2.75, 3.05) is 0 Å². The van der Waals surface area contributed by atoms with Gasteiger partial charge in [-0.2, -0.15) is 20.2 Å². The fourth-order valence-corrected chi connectivity index (χ4v) is 4.50. The summed E-state index contributed by atoms with van der Waals surface area (Å²) in [5, 5.41) is 41.5. The van der Waals surface area contributed by atoms with Crippen molar-refractivity contribution in [1.29, 1.82) is 5.26 Å². The molecule has 3 heterocycles. The number of aromatic carboxylic acids is 1. The topological polar surface area (TPSA) is 124 Å². The summed E-state index contributed by atoms with van der Waals surface area (Å²) in [6.45, 7) is 0. The smallest absolute Gasteiger partial charge is 0.335 e. The highest BCUT2D eigenvalue weighted by Crippen LogP contribution is 2.29. The molecule has 5 aromatic rings. The van der Waals surface area contributed by atoms with Crippen LogP contribution in [0.15, 0.2) is 85.5 Å². The first-order valence-corrected chi connectivity index (χ1v) is 12.0. The minimum Gasteiger partial charge on any atom is -0.618 e. The standard InChI is InChI=1S/C28H21ClN6O3/c1-33-11-10-24(32-33)13-27(34-16-22(15-31-34)18-2-4-19(5-3-18)28(36)37)26-9-7-21(17-35(26)38)25-12-23(29)8-6-20(25)14-30/h2-12,15-17,27H,13H2,1H3,(H,36,37)/t27-/m0/s1.